The topological polar surface area (TPSA) is 92.9 Å². The van der Waals surface area contributed by atoms with Crippen molar-refractivity contribution in [3.8, 4) is 0 Å². The fraction of sp³-hybridized carbons (Fsp3) is 0.500. The number of aliphatic hydroxyl groups is 1. The molecule has 106 valence electrons. The zero-order chi connectivity index (χ0) is 14.0. The summed E-state index contributed by atoms with van der Waals surface area (Å²) in [5, 5.41) is 14.4. The first-order chi connectivity index (χ1) is 8.93. The second-order valence-electron chi connectivity index (χ2n) is 4.65. The van der Waals surface area contributed by atoms with Gasteiger partial charge in [0.05, 0.1) is 25.0 Å². The Morgan fingerprint density at radius 1 is 1.47 bits per heavy atom. The monoisotopic (exact) mass is 286 g/mol. The van der Waals surface area contributed by atoms with Gasteiger partial charge in [0, 0.05) is 12.6 Å². The minimum absolute atomic E-state index is 0.0192. The van der Waals surface area contributed by atoms with Crippen LogP contribution in [0.4, 0.5) is 5.69 Å². The van der Waals surface area contributed by atoms with E-state index in [0.717, 1.165) is 0 Å². The molecule has 6 nitrogen and oxygen atoms in total. The van der Waals surface area contributed by atoms with E-state index < -0.39 is 10.0 Å². The largest absolute Gasteiger partial charge is 0.394 e. The van der Waals surface area contributed by atoms with Crippen molar-refractivity contribution in [2.45, 2.75) is 24.0 Å². The number of primary sulfonamides is 1. The first kappa shape index (κ1) is 14.3. The van der Waals surface area contributed by atoms with Gasteiger partial charge in [-0.05, 0) is 19.1 Å². The van der Waals surface area contributed by atoms with Gasteiger partial charge in [0.25, 0.3) is 0 Å². The normalized spacial score (nSPS) is 24.5. The van der Waals surface area contributed by atoms with Crippen molar-refractivity contribution in [2.75, 3.05) is 24.7 Å². The number of sulfonamides is 1. The molecule has 0 amide bonds. The lowest BCUT2D eigenvalue weighted by Gasteiger charge is -2.39. The molecule has 2 rings (SSSR count). The van der Waals surface area contributed by atoms with Crippen molar-refractivity contribution >= 4 is 15.7 Å². The molecule has 1 aliphatic heterocycles. The summed E-state index contributed by atoms with van der Waals surface area (Å²) in [6.07, 6.45) is -0.315. The van der Waals surface area contributed by atoms with E-state index in [-0.39, 0.29) is 23.6 Å². The highest BCUT2D eigenvalue weighted by Crippen LogP contribution is 2.28. The Morgan fingerprint density at radius 2 is 2.16 bits per heavy atom. The third kappa shape index (κ3) is 3.06. The van der Waals surface area contributed by atoms with Gasteiger partial charge in [0.1, 0.15) is 4.90 Å². The lowest BCUT2D eigenvalue weighted by atomic mass is 10.1. The summed E-state index contributed by atoms with van der Waals surface area (Å²) < 4.78 is 28.7. The predicted molar refractivity (Wildman–Crippen MR) is 71.4 cm³/mol. The first-order valence-electron chi connectivity index (χ1n) is 6.04. The summed E-state index contributed by atoms with van der Waals surface area (Å²) in [4.78, 5) is 2.00. The van der Waals surface area contributed by atoms with E-state index in [1.807, 2.05) is 11.8 Å². The van der Waals surface area contributed by atoms with Crippen molar-refractivity contribution in [3.63, 3.8) is 0 Å². The van der Waals surface area contributed by atoms with Crippen molar-refractivity contribution in [2.24, 2.45) is 5.14 Å². The number of nitrogens with zero attached hydrogens (tertiary/aromatic N) is 1. The maximum absolute atomic E-state index is 11.6. The number of hydrogen-bond donors (Lipinski definition) is 2. The summed E-state index contributed by atoms with van der Waals surface area (Å²) >= 11 is 0. The van der Waals surface area contributed by atoms with Crippen LogP contribution in [0.1, 0.15) is 6.92 Å². The average molecular weight is 286 g/mol. The third-order valence-electron chi connectivity index (χ3n) is 3.19. The fourth-order valence-electron chi connectivity index (χ4n) is 2.20. The van der Waals surface area contributed by atoms with Gasteiger partial charge in [-0.25, -0.2) is 13.6 Å². The fourth-order valence-corrected chi connectivity index (χ4v) is 2.94. The van der Waals surface area contributed by atoms with Gasteiger partial charge in [-0.3, -0.25) is 0 Å². The van der Waals surface area contributed by atoms with Crippen molar-refractivity contribution < 1.29 is 18.3 Å². The van der Waals surface area contributed by atoms with Crippen LogP contribution in [0.15, 0.2) is 29.2 Å². The molecule has 0 spiro atoms. The number of para-hydroxylation sites is 1. The van der Waals surface area contributed by atoms with Crippen molar-refractivity contribution in [1.82, 2.24) is 0 Å². The molecule has 0 aromatic heterocycles. The molecular formula is C12H18N2O4S. The average Bonchev–Trinajstić information content (AvgIpc) is 2.38. The van der Waals surface area contributed by atoms with Crippen LogP contribution in [0.5, 0.6) is 0 Å². The molecule has 1 aliphatic rings. The van der Waals surface area contributed by atoms with Gasteiger partial charge in [0.15, 0.2) is 0 Å². The Bertz CT molecular complexity index is 546. The van der Waals surface area contributed by atoms with Crippen LogP contribution < -0.4 is 10.0 Å². The summed E-state index contributed by atoms with van der Waals surface area (Å²) in [5.41, 5.74) is 0.555. The number of anilines is 1. The molecule has 7 heteroatoms. The van der Waals surface area contributed by atoms with Gasteiger partial charge in [-0.2, -0.15) is 0 Å². The molecule has 1 aromatic rings. The number of rotatable bonds is 3. The Balaban J connectivity index is 2.40. The molecule has 19 heavy (non-hydrogen) atoms. The SMILES string of the molecule is CC1COC(CO)CN1c1ccccc1S(N)(=O)=O. The summed E-state index contributed by atoms with van der Waals surface area (Å²) in [6, 6.07) is 6.63. The Kier molecular flexibility index (Phi) is 4.10. The molecule has 0 radical (unpaired) electrons. The van der Waals surface area contributed by atoms with Gasteiger partial charge in [0.2, 0.25) is 10.0 Å². The molecule has 3 N–H and O–H groups in total. The first-order valence-corrected chi connectivity index (χ1v) is 7.59. The smallest absolute Gasteiger partial charge is 0.240 e. The van der Waals surface area contributed by atoms with Crippen LogP contribution in [-0.2, 0) is 14.8 Å². The highest BCUT2D eigenvalue weighted by molar-refractivity contribution is 7.89. The standard InChI is InChI=1S/C12H18N2O4S/c1-9-8-18-10(7-15)6-14(9)11-4-2-3-5-12(11)19(13,16)17/h2-5,9-10,15H,6-8H2,1H3,(H2,13,16,17). The maximum atomic E-state index is 11.6. The van der Waals surface area contributed by atoms with Gasteiger partial charge in [-0.1, -0.05) is 12.1 Å². The number of aliphatic hydroxyl groups excluding tert-OH is 1. The molecule has 2 atom stereocenters. The summed E-state index contributed by atoms with van der Waals surface area (Å²) in [5.74, 6) is 0. The number of morpholine rings is 1. The molecule has 0 aliphatic carbocycles. The molecule has 1 aromatic carbocycles. The number of benzene rings is 1. The summed E-state index contributed by atoms with van der Waals surface area (Å²) in [6.45, 7) is 2.71. The molecule has 0 saturated carbocycles. The number of nitrogens with two attached hydrogens (primary N) is 1. The van der Waals surface area contributed by atoms with E-state index in [1.54, 1.807) is 18.2 Å². The minimum atomic E-state index is -3.78. The highest BCUT2D eigenvalue weighted by Gasteiger charge is 2.29. The van der Waals surface area contributed by atoms with Crippen LogP contribution in [0, 0.1) is 0 Å². The molecule has 0 bridgehead atoms. The lowest BCUT2D eigenvalue weighted by Crippen LogP contribution is -2.50. The molecule has 1 fully saturated rings. The quantitative estimate of drug-likeness (QED) is 0.810. The molecule has 2 unspecified atom stereocenters. The van der Waals surface area contributed by atoms with E-state index in [2.05, 4.69) is 0 Å². The Morgan fingerprint density at radius 3 is 2.79 bits per heavy atom. The van der Waals surface area contributed by atoms with Gasteiger partial charge >= 0.3 is 0 Å². The predicted octanol–water partition coefficient (Wildman–Crippen LogP) is -0.0800. The zero-order valence-corrected chi connectivity index (χ0v) is 11.5. The molecular weight excluding hydrogens is 268 g/mol. The van der Waals surface area contributed by atoms with Crippen LogP contribution in [0.3, 0.4) is 0 Å². The van der Waals surface area contributed by atoms with Crippen molar-refractivity contribution in [1.29, 1.82) is 0 Å². The maximum Gasteiger partial charge on any atom is 0.240 e. The molecule has 1 heterocycles. The molecule has 1 saturated heterocycles. The van der Waals surface area contributed by atoms with Crippen LogP contribution in [0.2, 0.25) is 0 Å². The highest BCUT2D eigenvalue weighted by atomic mass is 32.2. The zero-order valence-electron chi connectivity index (χ0n) is 10.7. The van der Waals surface area contributed by atoms with Crippen LogP contribution in [-0.4, -0.2) is 45.4 Å². The number of hydrogen-bond acceptors (Lipinski definition) is 5. The van der Waals surface area contributed by atoms with E-state index in [0.29, 0.717) is 18.8 Å². The third-order valence-corrected chi connectivity index (χ3v) is 4.15. The lowest BCUT2D eigenvalue weighted by molar-refractivity contribution is -0.0104. The Hall–Kier alpha value is -1.15. The van der Waals surface area contributed by atoms with Crippen molar-refractivity contribution in [3.05, 3.63) is 24.3 Å². The Labute approximate surface area is 112 Å². The van der Waals surface area contributed by atoms with E-state index >= 15 is 0 Å². The van der Waals surface area contributed by atoms with Crippen LogP contribution in [0.25, 0.3) is 0 Å². The van der Waals surface area contributed by atoms with E-state index in [1.165, 1.54) is 6.07 Å². The van der Waals surface area contributed by atoms with Crippen LogP contribution >= 0.6 is 0 Å². The summed E-state index contributed by atoms with van der Waals surface area (Å²) in [7, 11) is -3.78. The second kappa shape index (κ2) is 5.46. The van der Waals surface area contributed by atoms with E-state index in [4.69, 9.17) is 9.88 Å². The van der Waals surface area contributed by atoms with Gasteiger partial charge < -0.3 is 14.7 Å². The minimum Gasteiger partial charge on any atom is -0.394 e. The van der Waals surface area contributed by atoms with E-state index in [9.17, 15) is 13.5 Å². The van der Waals surface area contributed by atoms with Gasteiger partial charge in [-0.15, -0.1) is 0 Å². The number of ether oxygens (including phenoxy) is 1. The second-order valence-corrected chi connectivity index (χ2v) is 6.18.